The van der Waals surface area contributed by atoms with Gasteiger partial charge >= 0.3 is 0 Å². The van der Waals surface area contributed by atoms with E-state index in [1.54, 1.807) is 12.1 Å². The molecule has 1 aromatic carbocycles. The second kappa shape index (κ2) is 6.89. The largest absolute Gasteiger partial charge is 0.335 e. The van der Waals surface area contributed by atoms with Crippen molar-refractivity contribution in [2.45, 2.75) is 17.8 Å². The number of aryl methyl sites for hydroxylation is 1. The highest BCUT2D eigenvalue weighted by atomic mass is 32.2. The molecule has 0 fully saturated rings. The van der Waals surface area contributed by atoms with Crippen molar-refractivity contribution in [3.8, 4) is 22.2 Å². The number of nitrogens with zero attached hydrogens (tertiary/aromatic N) is 5. The Balaban J connectivity index is 1.50. The molecule has 0 aliphatic carbocycles. The van der Waals surface area contributed by atoms with E-state index in [1.807, 2.05) is 24.4 Å². The molecule has 10 heteroatoms. The molecular weight excluding hydrogens is 375 g/mol. The first-order valence-electron chi connectivity index (χ1n) is 7.58. The quantitative estimate of drug-likeness (QED) is 0.413. The summed E-state index contributed by atoms with van der Waals surface area (Å²) in [6.45, 7) is 1.87. The number of hydrogen-bond donors (Lipinski definition) is 1. The van der Waals surface area contributed by atoms with Crippen molar-refractivity contribution in [2.75, 3.05) is 5.84 Å². The number of benzene rings is 1. The van der Waals surface area contributed by atoms with E-state index in [2.05, 4.69) is 20.3 Å². The molecule has 3 aromatic heterocycles. The Labute approximate surface area is 156 Å². The van der Waals surface area contributed by atoms with Gasteiger partial charge in [0, 0.05) is 0 Å². The summed E-state index contributed by atoms with van der Waals surface area (Å²) in [6.07, 6.45) is 0. The Morgan fingerprint density at radius 1 is 1.31 bits per heavy atom. The van der Waals surface area contributed by atoms with Gasteiger partial charge in [-0.1, -0.05) is 34.6 Å². The third kappa shape index (κ3) is 3.20. The zero-order valence-corrected chi connectivity index (χ0v) is 15.2. The van der Waals surface area contributed by atoms with Crippen LogP contribution in [0.4, 0.5) is 4.39 Å². The van der Waals surface area contributed by atoms with Gasteiger partial charge in [0.15, 0.2) is 11.6 Å². The van der Waals surface area contributed by atoms with Crippen LogP contribution in [0.2, 0.25) is 0 Å². The van der Waals surface area contributed by atoms with Gasteiger partial charge in [-0.15, -0.1) is 21.5 Å². The highest BCUT2D eigenvalue weighted by Gasteiger charge is 2.16. The molecule has 0 aliphatic heterocycles. The van der Waals surface area contributed by atoms with Crippen LogP contribution in [0.3, 0.4) is 0 Å². The molecule has 0 saturated heterocycles. The molecule has 3 heterocycles. The van der Waals surface area contributed by atoms with Crippen LogP contribution in [0, 0.1) is 12.7 Å². The van der Waals surface area contributed by atoms with Gasteiger partial charge < -0.3 is 10.4 Å². The lowest BCUT2D eigenvalue weighted by Crippen LogP contribution is -2.11. The lowest BCUT2D eigenvalue weighted by Gasteiger charge is -2.00. The number of rotatable bonds is 5. The Bertz CT molecular complexity index is 1040. The topological polar surface area (TPSA) is 95.7 Å². The summed E-state index contributed by atoms with van der Waals surface area (Å²) in [5.74, 6) is 7.19. The Morgan fingerprint density at radius 2 is 2.19 bits per heavy atom. The molecule has 26 heavy (non-hydrogen) atoms. The normalized spacial score (nSPS) is 11.2. The fourth-order valence-electron chi connectivity index (χ4n) is 2.30. The predicted octanol–water partition coefficient (Wildman–Crippen LogP) is 3.51. The first kappa shape index (κ1) is 16.7. The highest BCUT2D eigenvalue weighted by molar-refractivity contribution is 7.98. The highest BCUT2D eigenvalue weighted by Crippen LogP contribution is 2.27. The van der Waals surface area contributed by atoms with Gasteiger partial charge in [-0.05, 0) is 30.5 Å². The van der Waals surface area contributed by atoms with E-state index in [-0.39, 0.29) is 11.5 Å². The van der Waals surface area contributed by atoms with Crippen LogP contribution in [0.25, 0.3) is 22.2 Å². The van der Waals surface area contributed by atoms with E-state index in [0.29, 0.717) is 22.6 Å². The number of thioether (sulfide) groups is 1. The summed E-state index contributed by atoms with van der Waals surface area (Å²) in [5.41, 5.74) is 1.20. The maximum absolute atomic E-state index is 13.9. The number of aromatic nitrogens is 5. The number of hydrogen-bond acceptors (Lipinski definition) is 8. The average Bonchev–Trinajstić information content (AvgIpc) is 3.36. The van der Waals surface area contributed by atoms with Gasteiger partial charge in [-0.2, -0.15) is 4.98 Å². The number of nitrogen functional groups attached to an aromatic ring is 1. The van der Waals surface area contributed by atoms with Crippen LogP contribution in [0.15, 0.2) is 45.4 Å². The van der Waals surface area contributed by atoms with Gasteiger partial charge in [0.05, 0.1) is 16.2 Å². The van der Waals surface area contributed by atoms with Crippen LogP contribution < -0.4 is 5.84 Å². The number of thiophene rings is 1. The van der Waals surface area contributed by atoms with Crippen LogP contribution in [-0.2, 0) is 5.75 Å². The van der Waals surface area contributed by atoms with Crippen LogP contribution >= 0.6 is 23.1 Å². The van der Waals surface area contributed by atoms with Gasteiger partial charge in [-0.3, -0.25) is 0 Å². The molecule has 0 bridgehead atoms. The van der Waals surface area contributed by atoms with Gasteiger partial charge in [-0.25, -0.2) is 9.07 Å². The molecule has 132 valence electrons. The standard InChI is InChI=1S/C16H13FN6OS2/c1-9-4-5-11(17)10(7-9)15-19-13(22-24-15)8-26-16-21-20-14(23(16)18)12-3-2-6-25-12/h2-7H,8,18H2,1H3. The van der Waals surface area contributed by atoms with Crippen LogP contribution in [0.5, 0.6) is 0 Å². The summed E-state index contributed by atoms with van der Waals surface area (Å²) >= 11 is 2.86. The zero-order chi connectivity index (χ0) is 18.1. The van der Waals surface area contributed by atoms with E-state index in [1.165, 1.54) is 33.8 Å². The summed E-state index contributed by atoms with van der Waals surface area (Å²) < 4.78 is 20.5. The second-order valence-corrected chi connectivity index (χ2v) is 7.33. The van der Waals surface area contributed by atoms with E-state index in [0.717, 1.165) is 10.4 Å². The fourth-order valence-corrected chi connectivity index (χ4v) is 3.71. The minimum atomic E-state index is -0.402. The van der Waals surface area contributed by atoms with Crippen molar-refractivity contribution in [1.82, 2.24) is 25.0 Å². The summed E-state index contributed by atoms with van der Waals surface area (Å²) in [7, 11) is 0. The molecule has 0 unspecified atom stereocenters. The van der Waals surface area contributed by atoms with Crippen LogP contribution in [-0.4, -0.2) is 25.0 Å². The summed E-state index contributed by atoms with van der Waals surface area (Å²) in [6, 6.07) is 8.59. The summed E-state index contributed by atoms with van der Waals surface area (Å²) in [4.78, 5) is 5.18. The SMILES string of the molecule is Cc1ccc(F)c(-c2nc(CSc3nnc(-c4cccs4)n3N)no2)c1. The first-order chi connectivity index (χ1) is 12.6. The maximum Gasteiger partial charge on any atom is 0.260 e. The number of halogens is 1. The Hall–Kier alpha value is -2.72. The van der Waals surface area contributed by atoms with E-state index in [4.69, 9.17) is 10.4 Å². The smallest absolute Gasteiger partial charge is 0.260 e. The van der Waals surface area contributed by atoms with Gasteiger partial charge in [0.25, 0.3) is 5.89 Å². The molecule has 0 radical (unpaired) electrons. The lowest BCUT2D eigenvalue weighted by atomic mass is 10.1. The molecule has 0 saturated carbocycles. The van der Waals surface area contributed by atoms with Gasteiger partial charge in [0.1, 0.15) is 5.82 Å². The van der Waals surface area contributed by atoms with E-state index < -0.39 is 5.82 Å². The number of nitrogens with two attached hydrogens (primary N) is 1. The Kier molecular flexibility index (Phi) is 4.43. The molecule has 4 rings (SSSR count). The van der Waals surface area contributed by atoms with Crippen molar-refractivity contribution in [3.05, 3.63) is 52.9 Å². The molecule has 7 nitrogen and oxygen atoms in total. The average molecular weight is 388 g/mol. The van der Waals surface area contributed by atoms with E-state index in [9.17, 15) is 4.39 Å². The summed E-state index contributed by atoms with van der Waals surface area (Å²) in [5, 5.41) is 14.6. The molecule has 4 aromatic rings. The van der Waals surface area contributed by atoms with Crippen molar-refractivity contribution < 1.29 is 8.91 Å². The maximum atomic E-state index is 13.9. The molecular formula is C16H13FN6OS2. The molecule has 0 aliphatic rings. The van der Waals surface area contributed by atoms with Gasteiger partial charge in [0.2, 0.25) is 5.16 Å². The monoisotopic (exact) mass is 388 g/mol. The van der Waals surface area contributed by atoms with Crippen molar-refractivity contribution >= 4 is 23.1 Å². The zero-order valence-electron chi connectivity index (χ0n) is 13.6. The predicted molar refractivity (Wildman–Crippen MR) is 97.5 cm³/mol. The molecule has 0 spiro atoms. The molecule has 0 amide bonds. The van der Waals surface area contributed by atoms with Crippen molar-refractivity contribution in [3.63, 3.8) is 0 Å². The third-order valence-corrected chi connectivity index (χ3v) is 5.36. The first-order valence-corrected chi connectivity index (χ1v) is 9.44. The third-order valence-electron chi connectivity index (χ3n) is 3.56. The Morgan fingerprint density at radius 3 is 3.00 bits per heavy atom. The van der Waals surface area contributed by atoms with Crippen molar-refractivity contribution in [1.29, 1.82) is 0 Å². The van der Waals surface area contributed by atoms with Crippen molar-refractivity contribution in [2.24, 2.45) is 0 Å². The minimum Gasteiger partial charge on any atom is -0.335 e. The second-order valence-electron chi connectivity index (χ2n) is 5.44. The molecule has 0 atom stereocenters. The molecule has 2 N–H and O–H groups in total. The van der Waals surface area contributed by atoms with Crippen LogP contribution in [0.1, 0.15) is 11.4 Å². The lowest BCUT2D eigenvalue weighted by molar-refractivity contribution is 0.422. The van der Waals surface area contributed by atoms with E-state index >= 15 is 0 Å². The minimum absolute atomic E-state index is 0.148. The fraction of sp³-hybridized carbons (Fsp3) is 0.125.